The van der Waals surface area contributed by atoms with Crippen molar-refractivity contribution in [3.63, 3.8) is 0 Å². The summed E-state index contributed by atoms with van der Waals surface area (Å²) in [4.78, 5) is 15.5. The van der Waals surface area contributed by atoms with Crippen molar-refractivity contribution in [2.45, 2.75) is 83.5 Å². The van der Waals surface area contributed by atoms with Gasteiger partial charge < -0.3 is 11.1 Å². The summed E-state index contributed by atoms with van der Waals surface area (Å²) in [5, 5.41) is 3.26. The van der Waals surface area contributed by atoms with Crippen LogP contribution in [0, 0.1) is 17.8 Å². The van der Waals surface area contributed by atoms with Gasteiger partial charge in [0.25, 0.3) is 0 Å². The Kier molecular flexibility index (Phi) is 9.93. The molecule has 2 saturated carbocycles. The van der Waals surface area contributed by atoms with Gasteiger partial charge in [-0.15, -0.1) is 24.8 Å². The number of rotatable bonds is 5. The molecule has 0 spiro atoms. The van der Waals surface area contributed by atoms with E-state index < -0.39 is 0 Å². The molecule has 3 unspecified atom stereocenters. The van der Waals surface area contributed by atoms with E-state index in [0.717, 1.165) is 19.4 Å². The number of nitrogens with zero attached hydrogens (tertiary/aromatic N) is 1. The van der Waals surface area contributed by atoms with Crippen LogP contribution in [0.4, 0.5) is 0 Å². The number of amides is 1. The van der Waals surface area contributed by atoms with Gasteiger partial charge in [0.15, 0.2) is 0 Å². The lowest BCUT2D eigenvalue weighted by molar-refractivity contribution is -0.128. The van der Waals surface area contributed by atoms with Gasteiger partial charge in [0.05, 0.1) is 0 Å². The molecule has 1 saturated heterocycles. The summed E-state index contributed by atoms with van der Waals surface area (Å²) in [6, 6.07) is 9.60. The smallest absolute Gasteiger partial charge is 0.223 e. The molecule has 2 aliphatic carbocycles. The van der Waals surface area contributed by atoms with Crippen LogP contribution in [0.1, 0.15) is 69.4 Å². The van der Waals surface area contributed by atoms with Crippen molar-refractivity contribution >= 4 is 30.7 Å². The molecule has 1 heterocycles. The number of hydrogen-bond acceptors (Lipinski definition) is 3. The highest BCUT2D eigenvalue weighted by Gasteiger charge is 2.40. The molecule has 1 amide bonds. The average molecular weight is 457 g/mol. The van der Waals surface area contributed by atoms with Crippen molar-refractivity contribution in [1.82, 2.24) is 10.2 Å². The molecule has 3 N–H and O–H groups in total. The Morgan fingerprint density at radius 2 is 1.70 bits per heavy atom. The summed E-state index contributed by atoms with van der Waals surface area (Å²) >= 11 is 0. The zero-order valence-electron chi connectivity index (χ0n) is 18.2. The summed E-state index contributed by atoms with van der Waals surface area (Å²) < 4.78 is 0. The van der Waals surface area contributed by atoms with Crippen LogP contribution in [0.2, 0.25) is 0 Å². The third-order valence-electron chi connectivity index (χ3n) is 7.67. The van der Waals surface area contributed by atoms with Gasteiger partial charge in [-0.1, -0.05) is 37.1 Å². The summed E-state index contributed by atoms with van der Waals surface area (Å²) in [5.74, 6) is 1.50. The van der Waals surface area contributed by atoms with Crippen molar-refractivity contribution < 1.29 is 4.79 Å². The van der Waals surface area contributed by atoms with Crippen LogP contribution in [0.15, 0.2) is 24.3 Å². The second-order valence-corrected chi connectivity index (χ2v) is 9.50. The number of halogens is 2. The van der Waals surface area contributed by atoms with Crippen molar-refractivity contribution in [2.24, 2.45) is 23.5 Å². The lowest BCUT2D eigenvalue weighted by Gasteiger charge is -2.43. The normalized spacial score (nSPS) is 31.2. The fourth-order valence-corrected chi connectivity index (χ4v) is 5.83. The van der Waals surface area contributed by atoms with E-state index in [9.17, 15) is 4.79 Å². The number of nitrogens with two attached hydrogens (primary N) is 1. The van der Waals surface area contributed by atoms with E-state index in [-0.39, 0.29) is 36.6 Å². The zero-order chi connectivity index (χ0) is 19.5. The third kappa shape index (κ3) is 5.91. The first-order valence-corrected chi connectivity index (χ1v) is 11.5. The predicted molar refractivity (Wildman–Crippen MR) is 128 cm³/mol. The lowest BCUT2D eigenvalue weighted by atomic mass is 9.65. The number of hydrogen-bond donors (Lipinski definition) is 2. The van der Waals surface area contributed by atoms with Crippen LogP contribution in [0.3, 0.4) is 0 Å². The number of nitrogens with one attached hydrogen (secondary N) is 1. The maximum Gasteiger partial charge on any atom is 0.223 e. The van der Waals surface area contributed by atoms with E-state index in [1.807, 2.05) is 0 Å². The number of benzene rings is 1. The van der Waals surface area contributed by atoms with Gasteiger partial charge in [-0.3, -0.25) is 9.69 Å². The second-order valence-electron chi connectivity index (χ2n) is 9.50. The summed E-state index contributed by atoms with van der Waals surface area (Å²) in [6.45, 7) is 5.17. The first kappa shape index (κ1) is 25.5. The maximum absolute atomic E-state index is 12.9. The van der Waals surface area contributed by atoms with Gasteiger partial charge in [0.1, 0.15) is 0 Å². The number of fused-ring (bicyclic) bond motifs is 2. The van der Waals surface area contributed by atoms with Crippen molar-refractivity contribution in [1.29, 1.82) is 0 Å². The van der Waals surface area contributed by atoms with Gasteiger partial charge in [-0.05, 0) is 75.0 Å². The molecule has 3 fully saturated rings. The van der Waals surface area contributed by atoms with Gasteiger partial charge in [0, 0.05) is 31.1 Å². The minimum atomic E-state index is 0. The second kappa shape index (κ2) is 11.7. The Hall–Kier alpha value is -0.810. The molecule has 1 aromatic carbocycles. The first-order chi connectivity index (χ1) is 13.6. The van der Waals surface area contributed by atoms with Gasteiger partial charge in [-0.2, -0.15) is 0 Å². The fraction of sp³-hybridized carbons (Fsp3) is 0.708. The predicted octanol–water partition coefficient (Wildman–Crippen LogP) is 4.67. The van der Waals surface area contributed by atoms with Crippen LogP contribution in [-0.4, -0.2) is 29.4 Å². The Balaban J connectivity index is 0.00000160. The first-order valence-electron chi connectivity index (χ1n) is 11.5. The highest BCUT2D eigenvalue weighted by Crippen LogP contribution is 2.41. The van der Waals surface area contributed by atoms with Crippen molar-refractivity contribution in [2.75, 3.05) is 6.54 Å². The Morgan fingerprint density at radius 3 is 2.37 bits per heavy atom. The molecule has 2 bridgehead atoms. The van der Waals surface area contributed by atoms with Gasteiger partial charge in [0.2, 0.25) is 5.91 Å². The van der Waals surface area contributed by atoms with Gasteiger partial charge >= 0.3 is 0 Å². The van der Waals surface area contributed by atoms with E-state index in [4.69, 9.17) is 5.73 Å². The number of carbonyl (C=O) groups excluding carboxylic acids is 1. The van der Waals surface area contributed by atoms with Crippen LogP contribution in [-0.2, 0) is 17.9 Å². The molecule has 0 aromatic heterocycles. The van der Waals surface area contributed by atoms with E-state index in [1.54, 1.807) is 0 Å². The molecule has 1 aromatic rings. The Bertz CT molecular complexity index is 672. The lowest BCUT2D eigenvalue weighted by Crippen LogP contribution is -2.49. The molecule has 1 aliphatic heterocycles. The number of carbonyl (C=O) groups is 1. The van der Waals surface area contributed by atoms with E-state index in [0.29, 0.717) is 30.5 Å². The number of piperidine rings is 1. The highest BCUT2D eigenvalue weighted by atomic mass is 35.5. The minimum Gasteiger partial charge on any atom is -0.352 e. The molecule has 4 rings (SSSR count). The van der Waals surface area contributed by atoms with Crippen LogP contribution in [0.5, 0.6) is 0 Å². The molecule has 4 nitrogen and oxygen atoms in total. The van der Waals surface area contributed by atoms with Crippen LogP contribution < -0.4 is 11.1 Å². The maximum atomic E-state index is 12.9. The molecule has 6 heteroatoms. The Morgan fingerprint density at radius 1 is 1.03 bits per heavy atom. The minimum absolute atomic E-state index is 0. The van der Waals surface area contributed by atoms with Gasteiger partial charge in [-0.25, -0.2) is 0 Å². The SMILES string of the molecule is CC1CCCCN1Cc1ccccc1CNC(=O)C1CC2CCCC(C1)C2N.Cl.Cl. The fourth-order valence-electron chi connectivity index (χ4n) is 5.83. The summed E-state index contributed by atoms with van der Waals surface area (Å²) in [5.41, 5.74) is 9.02. The van der Waals surface area contributed by atoms with Crippen molar-refractivity contribution in [3.05, 3.63) is 35.4 Å². The van der Waals surface area contributed by atoms with E-state index >= 15 is 0 Å². The van der Waals surface area contributed by atoms with E-state index in [1.165, 1.54) is 56.2 Å². The molecule has 3 aliphatic rings. The summed E-state index contributed by atoms with van der Waals surface area (Å²) in [7, 11) is 0. The standard InChI is InChI=1S/C24H37N3O.2ClH/c1-17-7-4-5-12-27(17)16-21-9-3-2-8-20(21)15-26-24(28)22-13-18-10-6-11-19(14-22)23(18)25;;/h2-3,8-9,17-19,22-23H,4-7,10-16,25H2,1H3,(H,26,28);2*1H. The largest absolute Gasteiger partial charge is 0.352 e. The number of likely N-dealkylation sites (tertiary alicyclic amines) is 1. The van der Waals surface area contributed by atoms with Crippen LogP contribution in [0.25, 0.3) is 0 Å². The molecule has 3 atom stereocenters. The monoisotopic (exact) mass is 455 g/mol. The molecule has 170 valence electrons. The molecular formula is C24H39Cl2N3O. The molecule has 0 radical (unpaired) electrons. The molecular weight excluding hydrogens is 417 g/mol. The quantitative estimate of drug-likeness (QED) is 0.677. The third-order valence-corrected chi connectivity index (χ3v) is 7.67. The van der Waals surface area contributed by atoms with E-state index in [2.05, 4.69) is 41.4 Å². The van der Waals surface area contributed by atoms with Crippen LogP contribution >= 0.6 is 24.8 Å². The molecule has 30 heavy (non-hydrogen) atoms. The summed E-state index contributed by atoms with van der Waals surface area (Å²) in [6.07, 6.45) is 9.62. The van der Waals surface area contributed by atoms with Crippen molar-refractivity contribution in [3.8, 4) is 0 Å². The topological polar surface area (TPSA) is 58.4 Å². The Labute approximate surface area is 194 Å². The average Bonchev–Trinajstić information content (AvgIpc) is 2.68. The highest BCUT2D eigenvalue weighted by molar-refractivity contribution is 5.85. The zero-order valence-corrected chi connectivity index (χ0v) is 19.9.